The van der Waals surface area contributed by atoms with Gasteiger partial charge in [0.1, 0.15) is 0 Å². The Hall–Kier alpha value is -1.92. The van der Waals surface area contributed by atoms with Crippen molar-refractivity contribution in [2.45, 2.75) is 379 Å². The van der Waals surface area contributed by atoms with Crippen LogP contribution in [-0.4, -0.2) is 47.4 Å². The first-order valence-electron chi connectivity index (χ1n) is 33.7. The molecule has 0 saturated heterocycles. The lowest BCUT2D eigenvalue weighted by Crippen LogP contribution is -2.45. The number of unbranched alkanes of at least 4 members (excludes halogenated alkanes) is 46. The van der Waals surface area contributed by atoms with E-state index in [4.69, 9.17) is 4.74 Å². The Balaban J connectivity index is 3.41. The lowest BCUT2D eigenvalue weighted by atomic mass is 10.0. The predicted molar refractivity (Wildman–Crippen MR) is 329 cm³/mol. The number of amides is 1. The zero-order chi connectivity index (χ0) is 54.3. The van der Waals surface area contributed by atoms with Gasteiger partial charge in [0.2, 0.25) is 5.91 Å². The first-order chi connectivity index (χ1) is 37.0. The molecule has 0 heterocycles. The summed E-state index contributed by atoms with van der Waals surface area (Å²) in [5.41, 5.74) is 0. The quantitative estimate of drug-likeness (QED) is 0.0320. The molecule has 0 saturated carbocycles. The predicted octanol–water partition coefficient (Wildman–Crippen LogP) is 21.5. The molecule has 2 atom stereocenters. The van der Waals surface area contributed by atoms with Crippen LogP contribution in [0.15, 0.2) is 36.5 Å². The topological polar surface area (TPSA) is 95.9 Å². The third kappa shape index (κ3) is 61.2. The number of carbonyl (C=O) groups excluding carboxylic acids is 2. The molecule has 0 radical (unpaired) electrons. The Morgan fingerprint density at radius 3 is 1.05 bits per heavy atom. The highest BCUT2D eigenvalue weighted by Crippen LogP contribution is 2.18. The van der Waals surface area contributed by atoms with E-state index in [0.717, 1.165) is 51.4 Å². The van der Waals surface area contributed by atoms with Crippen LogP contribution in [0.25, 0.3) is 0 Å². The standard InChI is InChI=1S/C69H131NO5/c1-3-5-7-9-11-13-15-17-18-32-35-38-41-45-49-53-57-61-67(72)66(65-71)70-68(73)62-58-54-50-46-42-39-36-33-30-28-26-24-22-20-19-21-23-25-27-29-31-34-37-40-44-48-52-56-60-64-75-69(74)63-59-55-51-47-43-16-14-12-10-8-6-4-2/h12,14,19,21,25,27,66-67,71-72H,3-11,13,15-18,20,22-24,26,28-65H2,1-2H3,(H,70,73)/b14-12-,21-19-,27-25-. The molecule has 3 N–H and O–H groups in total. The Morgan fingerprint density at radius 1 is 0.373 bits per heavy atom. The molecular weight excluding hydrogens is 923 g/mol. The fraction of sp³-hybridized carbons (Fsp3) is 0.884. The van der Waals surface area contributed by atoms with Crippen molar-refractivity contribution >= 4 is 11.9 Å². The molecule has 1 amide bonds. The lowest BCUT2D eigenvalue weighted by Gasteiger charge is -2.22. The summed E-state index contributed by atoms with van der Waals surface area (Å²) in [6, 6.07) is -0.543. The molecule has 75 heavy (non-hydrogen) atoms. The van der Waals surface area contributed by atoms with Gasteiger partial charge in [0, 0.05) is 12.8 Å². The summed E-state index contributed by atoms with van der Waals surface area (Å²) in [7, 11) is 0. The number of aliphatic hydroxyl groups excluding tert-OH is 2. The van der Waals surface area contributed by atoms with E-state index in [0.29, 0.717) is 25.9 Å². The van der Waals surface area contributed by atoms with Crippen LogP contribution in [0.1, 0.15) is 367 Å². The largest absolute Gasteiger partial charge is 0.466 e. The van der Waals surface area contributed by atoms with Crippen LogP contribution in [0.4, 0.5) is 0 Å². The van der Waals surface area contributed by atoms with Gasteiger partial charge >= 0.3 is 5.97 Å². The molecule has 0 rings (SSSR count). The number of esters is 1. The number of hydrogen-bond acceptors (Lipinski definition) is 5. The van der Waals surface area contributed by atoms with Crippen molar-refractivity contribution in [1.29, 1.82) is 0 Å². The summed E-state index contributed by atoms with van der Waals surface area (Å²) in [6.45, 7) is 4.95. The van der Waals surface area contributed by atoms with Crippen molar-refractivity contribution in [1.82, 2.24) is 5.32 Å². The minimum absolute atomic E-state index is 0.00207. The second-order valence-corrected chi connectivity index (χ2v) is 23.1. The average molecular weight is 1050 g/mol. The van der Waals surface area contributed by atoms with Gasteiger partial charge < -0.3 is 20.3 Å². The van der Waals surface area contributed by atoms with E-state index < -0.39 is 12.1 Å². The molecule has 6 nitrogen and oxygen atoms in total. The number of ether oxygens (including phenoxy) is 1. The SMILES string of the molecule is CCCCC/C=C\CCCCCCCC(=O)OCCCCCCCCCCC/C=C\C/C=C\CCCCCCCCCCCCCCCC(=O)NC(CO)C(O)CCCCCCCCCCCCCCCCCCC. The van der Waals surface area contributed by atoms with E-state index in [-0.39, 0.29) is 18.5 Å². The zero-order valence-corrected chi connectivity index (χ0v) is 50.5. The molecule has 0 fully saturated rings. The molecule has 0 aromatic carbocycles. The van der Waals surface area contributed by atoms with E-state index in [9.17, 15) is 19.8 Å². The molecule has 0 spiro atoms. The molecule has 0 aliphatic heterocycles. The molecular formula is C69H131NO5. The van der Waals surface area contributed by atoms with Crippen molar-refractivity contribution in [3.05, 3.63) is 36.5 Å². The van der Waals surface area contributed by atoms with Gasteiger partial charge in [0.25, 0.3) is 0 Å². The fourth-order valence-corrected chi connectivity index (χ4v) is 10.5. The smallest absolute Gasteiger partial charge is 0.305 e. The third-order valence-corrected chi connectivity index (χ3v) is 15.7. The average Bonchev–Trinajstić information content (AvgIpc) is 3.41. The van der Waals surface area contributed by atoms with Crippen LogP contribution < -0.4 is 5.32 Å². The second-order valence-electron chi connectivity index (χ2n) is 23.1. The van der Waals surface area contributed by atoms with Crippen LogP contribution in [0, 0.1) is 0 Å². The van der Waals surface area contributed by atoms with Crippen molar-refractivity contribution in [3.8, 4) is 0 Å². The maximum Gasteiger partial charge on any atom is 0.305 e. The highest BCUT2D eigenvalue weighted by Gasteiger charge is 2.20. The van der Waals surface area contributed by atoms with Crippen molar-refractivity contribution in [2.24, 2.45) is 0 Å². The fourth-order valence-electron chi connectivity index (χ4n) is 10.5. The van der Waals surface area contributed by atoms with Gasteiger partial charge in [-0.25, -0.2) is 0 Å². The molecule has 0 aliphatic rings. The van der Waals surface area contributed by atoms with E-state index in [2.05, 4.69) is 55.6 Å². The zero-order valence-electron chi connectivity index (χ0n) is 50.5. The van der Waals surface area contributed by atoms with E-state index >= 15 is 0 Å². The molecule has 0 bridgehead atoms. The van der Waals surface area contributed by atoms with Gasteiger partial charge in [-0.15, -0.1) is 0 Å². The first kappa shape index (κ1) is 73.1. The molecule has 6 heteroatoms. The summed E-state index contributed by atoms with van der Waals surface area (Å²) in [6.07, 6.45) is 81.8. The van der Waals surface area contributed by atoms with E-state index in [1.165, 1.54) is 283 Å². The van der Waals surface area contributed by atoms with Gasteiger partial charge in [0.05, 0.1) is 25.4 Å². The Labute approximate surface area is 468 Å². The number of aliphatic hydroxyl groups is 2. The molecule has 0 aliphatic carbocycles. The minimum atomic E-state index is -0.665. The summed E-state index contributed by atoms with van der Waals surface area (Å²) >= 11 is 0. The van der Waals surface area contributed by atoms with Crippen LogP contribution in [0.2, 0.25) is 0 Å². The number of allylic oxidation sites excluding steroid dienone is 6. The van der Waals surface area contributed by atoms with Gasteiger partial charge in [-0.3, -0.25) is 9.59 Å². The third-order valence-electron chi connectivity index (χ3n) is 15.7. The van der Waals surface area contributed by atoms with Crippen LogP contribution in [0.5, 0.6) is 0 Å². The highest BCUT2D eigenvalue weighted by atomic mass is 16.5. The molecule has 0 aromatic heterocycles. The van der Waals surface area contributed by atoms with Crippen molar-refractivity contribution < 1.29 is 24.5 Å². The van der Waals surface area contributed by atoms with Crippen molar-refractivity contribution in [3.63, 3.8) is 0 Å². The van der Waals surface area contributed by atoms with Crippen LogP contribution in [0.3, 0.4) is 0 Å². The maximum absolute atomic E-state index is 12.5. The Bertz CT molecular complexity index is 1210. The Morgan fingerprint density at radius 2 is 0.667 bits per heavy atom. The number of hydrogen-bond donors (Lipinski definition) is 3. The summed E-state index contributed by atoms with van der Waals surface area (Å²) < 4.78 is 5.47. The minimum Gasteiger partial charge on any atom is -0.466 e. The highest BCUT2D eigenvalue weighted by molar-refractivity contribution is 5.76. The van der Waals surface area contributed by atoms with Gasteiger partial charge in [0.15, 0.2) is 0 Å². The van der Waals surface area contributed by atoms with Crippen molar-refractivity contribution in [2.75, 3.05) is 13.2 Å². The number of nitrogens with one attached hydrogen (secondary N) is 1. The van der Waals surface area contributed by atoms with Crippen LogP contribution in [-0.2, 0) is 14.3 Å². The van der Waals surface area contributed by atoms with E-state index in [1.54, 1.807) is 0 Å². The first-order valence-corrected chi connectivity index (χ1v) is 33.7. The summed E-state index contributed by atoms with van der Waals surface area (Å²) in [5, 5.41) is 23.4. The van der Waals surface area contributed by atoms with E-state index in [1.807, 2.05) is 0 Å². The summed E-state index contributed by atoms with van der Waals surface area (Å²) in [4.78, 5) is 24.5. The monoisotopic (exact) mass is 1050 g/mol. The molecule has 442 valence electrons. The van der Waals surface area contributed by atoms with Gasteiger partial charge in [-0.2, -0.15) is 0 Å². The normalized spacial score (nSPS) is 12.7. The maximum atomic E-state index is 12.5. The lowest BCUT2D eigenvalue weighted by molar-refractivity contribution is -0.143. The second kappa shape index (κ2) is 64.6. The molecule has 2 unspecified atom stereocenters. The van der Waals surface area contributed by atoms with Gasteiger partial charge in [-0.1, -0.05) is 307 Å². The van der Waals surface area contributed by atoms with Crippen LogP contribution >= 0.6 is 0 Å². The van der Waals surface area contributed by atoms with Gasteiger partial charge in [-0.05, 0) is 83.5 Å². The summed E-state index contributed by atoms with van der Waals surface area (Å²) in [5.74, 6) is -0.0312. The number of rotatable bonds is 63. The Kier molecular flexibility index (Phi) is 63.0. The number of carbonyl (C=O) groups is 2. The molecule has 0 aromatic rings.